The summed E-state index contributed by atoms with van der Waals surface area (Å²) in [5.74, 6) is 1.92. The van der Waals surface area contributed by atoms with Crippen molar-refractivity contribution >= 4 is 23.0 Å². The Hall–Kier alpha value is -2.99. The van der Waals surface area contributed by atoms with Crippen LogP contribution in [0.3, 0.4) is 0 Å². The maximum Gasteiger partial charge on any atom is 0.167 e. The highest BCUT2D eigenvalue weighted by Gasteiger charge is 2.33. The number of rotatable bonds is 6. The molecule has 0 bridgehead atoms. The molecule has 0 saturated carbocycles. The smallest absolute Gasteiger partial charge is 0.167 e. The number of fused-ring (bicyclic) bond motifs is 5. The first-order chi connectivity index (χ1) is 13.0. The summed E-state index contributed by atoms with van der Waals surface area (Å²) in [6, 6.07) is 7.50. The Kier molecular flexibility index (Phi) is 4.28. The monoisotopic (exact) mass is 366 g/mol. The highest BCUT2D eigenvalue weighted by atomic mass is 16.5. The lowest BCUT2D eigenvalue weighted by molar-refractivity contribution is 0.252. The van der Waals surface area contributed by atoms with Gasteiger partial charge in [0.25, 0.3) is 0 Å². The van der Waals surface area contributed by atoms with Crippen LogP contribution in [0.1, 0.15) is 16.7 Å². The number of hydrogen-bond donors (Lipinski definition) is 1. The van der Waals surface area contributed by atoms with Gasteiger partial charge in [0.05, 0.1) is 31.2 Å². The molecule has 1 heterocycles. The first-order valence-corrected chi connectivity index (χ1v) is 8.74. The molecule has 27 heavy (non-hydrogen) atoms. The largest absolute Gasteiger partial charge is 0.504 e. The molecule has 1 aliphatic heterocycles. The van der Waals surface area contributed by atoms with Crippen LogP contribution < -0.4 is 14.2 Å². The van der Waals surface area contributed by atoms with Crippen molar-refractivity contribution in [3.63, 3.8) is 0 Å². The Morgan fingerprint density at radius 2 is 1.78 bits per heavy atom. The topological polar surface area (TPSA) is 63.5 Å². The summed E-state index contributed by atoms with van der Waals surface area (Å²) < 4.78 is 16.6. The molecule has 0 atom stereocenters. The molecule has 0 unspecified atom stereocenters. The van der Waals surface area contributed by atoms with Crippen molar-refractivity contribution in [2.75, 3.05) is 41.5 Å². The van der Waals surface area contributed by atoms with Crippen molar-refractivity contribution in [1.82, 2.24) is 4.90 Å². The highest BCUT2D eigenvalue weighted by molar-refractivity contribution is 6.43. The van der Waals surface area contributed by atoms with E-state index in [-0.39, 0.29) is 5.75 Å². The van der Waals surface area contributed by atoms with Crippen molar-refractivity contribution in [2.24, 2.45) is 4.99 Å². The minimum absolute atomic E-state index is 0.128. The Morgan fingerprint density at radius 1 is 1.04 bits per heavy atom. The molecule has 0 radical (unpaired) electrons. The number of nitrogens with zero attached hydrogens (tertiary/aromatic N) is 2. The normalized spacial score (nSPS) is 13.7. The first kappa shape index (κ1) is 17.4. The van der Waals surface area contributed by atoms with Crippen LogP contribution >= 0.6 is 0 Å². The fraction of sp³-hybridized carbons (Fsp3) is 0.286. The van der Waals surface area contributed by atoms with Gasteiger partial charge in [-0.25, -0.2) is 4.99 Å². The average Bonchev–Trinajstić information content (AvgIpc) is 3.17. The molecule has 6 heteroatoms. The van der Waals surface area contributed by atoms with Crippen molar-refractivity contribution in [2.45, 2.75) is 0 Å². The Labute approximate surface area is 158 Å². The minimum atomic E-state index is 0.128. The predicted molar refractivity (Wildman–Crippen MR) is 106 cm³/mol. The summed E-state index contributed by atoms with van der Waals surface area (Å²) in [7, 11) is 7.19. The Balaban J connectivity index is 1.71. The Bertz CT molecular complexity index is 977. The molecule has 1 aliphatic carbocycles. The number of aliphatic imine (C=N–C) groups is 1. The lowest BCUT2D eigenvalue weighted by Crippen LogP contribution is -2.19. The summed E-state index contributed by atoms with van der Waals surface area (Å²) in [6.45, 7) is 1.27. The maximum atomic E-state index is 10.8. The van der Waals surface area contributed by atoms with Crippen LogP contribution in [-0.2, 0) is 0 Å². The van der Waals surface area contributed by atoms with Crippen LogP contribution in [0.2, 0.25) is 0 Å². The van der Waals surface area contributed by atoms with Crippen molar-refractivity contribution in [3.05, 3.63) is 41.0 Å². The number of phenols is 1. The molecule has 0 aromatic heterocycles. The van der Waals surface area contributed by atoms with Crippen LogP contribution in [0.25, 0.3) is 11.6 Å². The van der Waals surface area contributed by atoms with Gasteiger partial charge in [-0.15, -0.1) is 0 Å². The summed E-state index contributed by atoms with van der Waals surface area (Å²) >= 11 is 0. The molecule has 2 aromatic carbocycles. The lowest BCUT2D eigenvalue weighted by atomic mass is 10.0. The lowest BCUT2D eigenvalue weighted by Gasteiger charge is -2.13. The van der Waals surface area contributed by atoms with E-state index in [4.69, 9.17) is 19.2 Å². The van der Waals surface area contributed by atoms with E-state index >= 15 is 0 Å². The van der Waals surface area contributed by atoms with Gasteiger partial charge in [-0.1, -0.05) is 0 Å². The first-order valence-electron chi connectivity index (χ1n) is 8.74. The summed E-state index contributed by atoms with van der Waals surface area (Å²) in [5.41, 5.74) is 5.14. The number of allylic oxidation sites excluding steroid dienone is 1. The van der Waals surface area contributed by atoms with Crippen LogP contribution in [0.15, 0.2) is 29.3 Å². The van der Waals surface area contributed by atoms with Gasteiger partial charge in [-0.2, -0.15) is 0 Å². The van der Waals surface area contributed by atoms with Crippen LogP contribution in [0, 0.1) is 0 Å². The summed E-state index contributed by atoms with van der Waals surface area (Å²) in [4.78, 5) is 6.75. The van der Waals surface area contributed by atoms with E-state index in [0.29, 0.717) is 29.4 Å². The van der Waals surface area contributed by atoms with E-state index < -0.39 is 0 Å². The zero-order valence-electron chi connectivity index (χ0n) is 15.9. The maximum absolute atomic E-state index is 10.8. The molecule has 1 N–H and O–H groups in total. The number of benzene rings is 2. The van der Waals surface area contributed by atoms with Gasteiger partial charge in [-0.3, -0.25) is 0 Å². The predicted octanol–water partition coefficient (Wildman–Crippen LogP) is 3.34. The van der Waals surface area contributed by atoms with Crippen molar-refractivity contribution < 1.29 is 19.3 Å². The molecule has 6 nitrogen and oxygen atoms in total. The number of methoxy groups -OCH3 is 2. The second-order valence-electron chi connectivity index (χ2n) is 6.77. The fourth-order valence-corrected chi connectivity index (χ4v) is 3.39. The van der Waals surface area contributed by atoms with Gasteiger partial charge in [0.1, 0.15) is 6.61 Å². The van der Waals surface area contributed by atoms with Gasteiger partial charge in [-0.05, 0) is 50.0 Å². The third-order valence-corrected chi connectivity index (χ3v) is 4.78. The van der Waals surface area contributed by atoms with Crippen molar-refractivity contribution in [1.29, 1.82) is 0 Å². The number of phenolic OH excluding ortho intramolecular Hbond substituents is 1. The molecule has 0 saturated heterocycles. The van der Waals surface area contributed by atoms with E-state index in [1.165, 1.54) is 0 Å². The van der Waals surface area contributed by atoms with Crippen LogP contribution in [0.5, 0.6) is 23.0 Å². The number of likely N-dealkylation sites (N-methyl/N-ethyl adjacent to an activating group) is 1. The molecular formula is C21H22N2O4. The van der Waals surface area contributed by atoms with Gasteiger partial charge in [0.2, 0.25) is 0 Å². The molecule has 140 valence electrons. The quantitative estimate of drug-likeness (QED) is 0.850. The van der Waals surface area contributed by atoms with E-state index in [0.717, 1.165) is 34.6 Å². The molecule has 0 fully saturated rings. The van der Waals surface area contributed by atoms with E-state index in [9.17, 15) is 5.11 Å². The molecule has 4 rings (SSSR count). The molecule has 0 amide bonds. The van der Waals surface area contributed by atoms with Gasteiger partial charge < -0.3 is 24.2 Å². The van der Waals surface area contributed by atoms with E-state index in [1.54, 1.807) is 20.3 Å². The second-order valence-corrected chi connectivity index (χ2v) is 6.77. The third kappa shape index (κ3) is 2.82. The number of hydrogen-bond acceptors (Lipinski definition) is 6. The zero-order valence-corrected chi connectivity index (χ0v) is 15.9. The SMILES string of the molecule is COc1cc2c(cc1OC)C1=Nc3ccc(OCCN(C)C)c(O)c3C1=C2. The summed E-state index contributed by atoms with van der Waals surface area (Å²) in [5, 5.41) is 10.8. The van der Waals surface area contributed by atoms with E-state index in [2.05, 4.69) is 0 Å². The van der Waals surface area contributed by atoms with Crippen molar-refractivity contribution in [3.8, 4) is 23.0 Å². The minimum Gasteiger partial charge on any atom is -0.504 e. The number of aromatic hydroxyl groups is 1. The zero-order chi connectivity index (χ0) is 19.1. The summed E-state index contributed by atoms with van der Waals surface area (Å²) in [6.07, 6.45) is 2.02. The molecule has 0 spiro atoms. The molecular weight excluding hydrogens is 344 g/mol. The third-order valence-electron chi connectivity index (χ3n) is 4.78. The standard InChI is InChI=1S/C21H22N2O4/c1-23(2)7-8-27-16-6-5-15-19(21(16)24)14-9-12-10-17(25-3)18(26-4)11-13(12)20(14)22-15/h5-6,9-11,24H,7-8H2,1-4H3. The fourth-order valence-electron chi connectivity index (χ4n) is 3.39. The molecule has 2 aromatic rings. The highest BCUT2D eigenvalue weighted by Crippen LogP contribution is 2.51. The Morgan fingerprint density at radius 3 is 2.48 bits per heavy atom. The number of ether oxygens (including phenoxy) is 3. The van der Waals surface area contributed by atoms with E-state index in [1.807, 2.05) is 43.3 Å². The molecule has 2 aliphatic rings. The average molecular weight is 366 g/mol. The van der Waals surface area contributed by atoms with Gasteiger partial charge in [0, 0.05) is 17.7 Å². The van der Waals surface area contributed by atoms with Crippen LogP contribution in [-0.4, -0.2) is 57.2 Å². The second kappa shape index (κ2) is 6.63. The van der Waals surface area contributed by atoms with Gasteiger partial charge >= 0.3 is 0 Å². The van der Waals surface area contributed by atoms with Gasteiger partial charge in [0.15, 0.2) is 23.0 Å². The van der Waals surface area contributed by atoms with Crippen LogP contribution in [0.4, 0.5) is 5.69 Å².